The average molecular weight is 530 g/mol. The van der Waals surface area contributed by atoms with Crippen LogP contribution >= 0.6 is 0 Å². The molecule has 0 aliphatic carbocycles. The maximum atomic E-state index is 13.5. The van der Waals surface area contributed by atoms with Crippen LogP contribution in [0.4, 0.5) is 0 Å². The van der Waals surface area contributed by atoms with E-state index in [0.29, 0.717) is 28.6 Å². The summed E-state index contributed by atoms with van der Waals surface area (Å²) in [5.41, 5.74) is 2.78. The lowest BCUT2D eigenvalue weighted by atomic mass is 9.85. The summed E-state index contributed by atoms with van der Waals surface area (Å²) in [5.74, 6) is 0.269. The fourth-order valence-electron chi connectivity index (χ4n) is 4.93. The number of likely N-dealkylation sites (tertiary alicyclic amines) is 1. The van der Waals surface area contributed by atoms with E-state index in [4.69, 9.17) is 18.9 Å². The van der Waals surface area contributed by atoms with Crippen LogP contribution in [0.2, 0.25) is 0 Å². The predicted octanol–water partition coefficient (Wildman–Crippen LogP) is 5.35. The van der Waals surface area contributed by atoms with E-state index in [0.717, 1.165) is 11.1 Å². The van der Waals surface area contributed by atoms with Gasteiger partial charge in [-0.3, -0.25) is 9.59 Å². The molecule has 1 fully saturated rings. The van der Waals surface area contributed by atoms with E-state index < -0.39 is 17.7 Å². The molecule has 1 saturated heterocycles. The lowest BCUT2D eigenvalue weighted by molar-refractivity contribution is -0.140. The fraction of sp³-hybridized carbons (Fsp3) is 0.290. The standard InChI is InChI=1S/C31H31NO7/c1-31(2,3)20-9-7-19(8-10-20)27-26(28(33)22-12-11-21(36-4)15-24(22)37-5)29(34)30(35)32(27)16-18-6-13-23-25(14-18)39-17-38-23/h6-15,27,33H,16-17H2,1-5H3/b28-26+. The lowest BCUT2D eigenvalue weighted by Gasteiger charge is -2.27. The van der Waals surface area contributed by atoms with Crippen molar-refractivity contribution in [3.8, 4) is 23.0 Å². The Kier molecular flexibility index (Phi) is 6.72. The summed E-state index contributed by atoms with van der Waals surface area (Å²) in [4.78, 5) is 28.5. The second-order valence-electron chi connectivity index (χ2n) is 10.6. The highest BCUT2D eigenvalue weighted by Crippen LogP contribution is 2.43. The number of nitrogens with zero attached hydrogens (tertiary/aromatic N) is 1. The van der Waals surface area contributed by atoms with Crippen LogP contribution in [0.3, 0.4) is 0 Å². The number of fused-ring (bicyclic) bond motifs is 1. The van der Waals surface area contributed by atoms with Crippen LogP contribution in [0.15, 0.2) is 66.2 Å². The third-order valence-electron chi connectivity index (χ3n) is 7.09. The molecule has 0 bridgehead atoms. The monoisotopic (exact) mass is 529 g/mol. The zero-order valence-corrected chi connectivity index (χ0v) is 22.6. The van der Waals surface area contributed by atoms with Gasteiger partial charge in [0.15, 0.2) is 11.5 Å². The van der Waals surface area contributed by atoms with Crippen molar-refractivity contribution in [3.05, 3.63) is 88.5 Å². The van der Waals surface area contributed by atoms with Gasteiger partial charge in [0, 0.05) is 12.6 Å². The van der Waals surface area contributed by atoms with Crippen molar-refractivity contribution in [2.24, 2.45) is 0 Å². The van der Waals surface area contributed by atoms with Crippen molar-refractivity contribution in [1.82, 2.24) is 4.90 Å². The Balaban J connectivity index is 1.64. The summed E-state index contributed by atoms with van der Waals surface area (Å²) >= 11 is 0. The molecule has 3 aromatic rings. The molecule has 2 aliphatic rings. The van der Waals surface area contributed by atoms with Crippen molar-refractivity contribution < 1.29 is 33.6 Å². The van der Waals surface area contributed by atoms with Gasteiger partial charge in [-0.15, -0.1) is 0 Å². The molecular weight excluding hydrogens is 498 g/mol. The third-order valence-corrected chi connectivity index (χ3v) is 7.09. The maximum Gasteiger partial charge on any atom is 0.295 e. The predicted molar refractivity (Wildman–Crippen MR) is 145 cm³/mol. The number of carbonyl (C=O) groups excluding carboxylic acids is 2. The summed E-state index contributed by atoms with van der Waals surface area (Å²) in [5, 5.41) is 11.5. The SMILES string of the molecule is COc1ccc(/C(O)=C2\C(=O)C(=O)N(Cc3ccc4c(c3)OCO4)C2c2ccc(C(C)(C)C)cc2)c(OC)c1. The number of hydrogen-bond donors (Lipinski definition) is 1. The maximum absolute atomic E-state index is 13.5. The molecule has 3 aromatic carbocycles. The first kappa shape index (κ1) is 26.2. The van der Waals surface area contributed by atoms with Crippen molar-refractivity contribution in [3.63, 3.8) is 0 Å². The first-order chi connectivity index (χ1) is 18.6. The number of aliphatic hydroxyl groups is 1. The number of ketones is 1. The fourth-order valence-corrected chi connectivity index (χ4v) is 4.93. The van der Waals surface area contributed by atoms with Crippen LogP contribution in [0.5, 0.6) is 23.0 Å². The Morgan fingerprint density at radius 2 is 1.67 bits per heavy atom. The van der Waals surface area contributed by atoms with Crippen LogP contribution in [0, 0.1) is 0 Å². The molecule has 2 heterocycles. The van der Waals surface area contributed by atoms with E-state index in [1.807, 2.05) is 30.3 Å². The van der Waals surface area contributed by atoms with Crippen molar-refractivity contribution >= 4 is 17.4 Å². The summed E-state index contributed by atoms with van der Waals surface area (Å²) in [6, 6.07) is 17.3. The second-order valence-corrected chi connectivity index (χ2v) is 10.6. The normalized spacial score (nSPS) is 18.0. The molecule has 0 spiro atoms. The Bertz CT molecular complexity index is 1470. The second kappa shape index (κ2) is 10.0. The largest absolute Gasteiger partial charge is 0.507 e. The molecule has 2 aliphatic heterocycles. The molecule has 0 saturated carbocycles. The van der Waals surface area contributed by atoms with Gasteiger partial charge in [0.1, 0.15) is 17.3 Å². The van der Waals surface area contributed by atoms with Gasteiger partial charge in [-0.05, 0) is 46.4 Å². The molecule has 1 N–H and O–H groups in total. The summed E-state index contributed by atoms with van der Waals surface area (Å²) in [6.45, 7) is 6.60. The molecule has 0 aromatic heterocycles. The van der Waals surface area contributed by atoms with Gasteiger partial charge in [0.05, 0.1) is 31.4 Å². The van der Waals surface area contributed by atoms with E-state index in [1.54, 1.807) is 30.3 Å². The van der Waals surface area contributed by atoms with E-state index in [2.05, 4.69) is 20.8 Å². The van der Waals surface area contributed by atoms with E-state index in [1.165, 1.54) is 19.1 Å². The molecule has 1 amide bonds. The van der Waals surface area contributed by atoms with Gasteiger partial charge >= 0.3 is 0 Å². The van der Waals surface area contributed by atoms with E-state index in [-0.39, 0.29) is 35.6 Å². The quantitative estimate of drug-likeness (QED) is 0.261. The highest BCUT2D eigenvalue weighted by Gasteiger charge is 2.46. The van der Waals surface area contributed by atoms with Gasteiger partial charge in [-0.25, -0.2) is 0 Å². The van der Waals surface area contributed by atoms with E-state index >= 15 is 0 Å². The Labute approximate surface area is 227 Å². The summed E-state index contributed by atoms with van der Waals surface area (Å²) in [6.07, 6.45) is 0. The van der Waals surface area contributed by atoms with Crippen LogP contribution in [0.25, 0.3) is 5.76 Å². The Morgan fingerprint density at radius 1 is 0.949 bits per heavy atom. The minimum Gasteiger partial charge on any atom is -0.507 e. The number of hydrogen-bond acceptors (Lipinski definition) is 7. The van der Waals surface area contributed by atoms with Crippen molar-refractivity contribution in [2.75, 3.05) is 21.0 Å². The Morgan fingerprint density at radius 3 is 2.33 bits per heavy atom. The molecule has 1 atom stereocenters. The van der Waals surface area contributed by atoms with Crippen molar-refractivity contribution in [2.45, 2.75) is 38.8 Å². The summed E-state index contributed by atoms with van der Waals surface area (Å²) in [7, 11) is 2.99. The lowest BCUT2D eigenvalue weighted by Crippen LogP contribution is -2.29. The number of methoxy groups -OCH3 is 2. The topological polar surface area (TPSA) is 94.5 Å². The van der Waals surface area contributed by atoms with Gasteiger partial charge in [0.2, 0.25) is 6.79 Å². The molecule has 1 unspecified atom stereocenters. The molecule has 202 valence electrons. The molecule has 8 nitrogen and oxygen atoms in total. The van der Waals surface area contributed by atoms with Crippen LogP contribution in [-0.4, -0.2) is 42.7 Å². The highest BCUT2D eigenvalue weighted by molar-refractivity contribution is 6.46. The summed E-state index contributed by atoms with van der Waals surface area (Å²) < 4.78 is 21.7. The van der Waals surface area contributed by atoms with Crippen molar-refractivity contribution in [1.29, 1.82) is 0 Å². The Hall–Kier alpha value is -4.46. The number of aliphatic hydroxyl groups excluding tert-OH is 1. The number of amides is 1. The molecule has 5 rings (SSSR count). The van der Waals surface area contributed by atoms with E-state index in [9.17, 15) is 14.7 Å². The third kappa shape index (κ3) is 4.78. The van der Waals surface area contributed by atoms with Crippen LogP contribution < -0.4 is 18.9 Å². The van der Waals surface area contributed by atoms with Crippen LogP contribution in [-0.2, 0) is 21.5 Å². The number of benzene rings is 3. The average Bonchev–Trinajstić information content (AvgIpc) is 3.50. The highest BCUT2D eigenvalue weighted by atomic mass is 16.7. The van der Waals surface area contributed by atoms with Gasteiger partial charge in [0.25, 0.3) is 11.7 Å². The number of ether oxygens (including phenoxy) is 4. The number of rotatable bonds is 6. The minimum atomic E-state index is -0.823. The van der Waals surface area contributed by atoms with Gasteiger partial charge in [-0.1, -0.05) is 51.1 Å². The number of carbonyl (C=O) groups is 2. The minimum absolute atomic E-state index is 0.00674. The first-order valence-corrected chi connectivity index (χ1v) is 12.6. The van der Waals surface area contributed by atoms with Crippen LogP contribution in [0.1, 0.15) is 49.1 Å². The molecule has 39 heavy (non-hydrogen) atoms. The zero-order chi connectivity index (χ0) is 27.9. The molecule has 0 radical (unpaired) electrons. The smallest absolute Gasteiger partial charge is 0.295 e. The first-order valence-electron chi connectivity index (χ1n) is 12.6. The zero-order valence-electron chi connectivity index (χ0n) is 22.6. The van der Waals surface area contributed by atoms with Gasteiger partial charge in [-0.2, -0.15) is 0 Å². The molecular formula is C31H31NO7. The van der Waals surface area contributed by atoms with Gasteiger partial charge < -0.3 is 29.0 Å². The number of Topliss-reactive ketones (excluding diaryl/α,β-unsaturated/α-hetero) is 1. The molecule has 8 heteroatoms.